The first-order chi connectivity index (χ1) is 19.2. The van der Waals surface area contributed by atoms with Crippen LogP contribution in [0.4, 0.5) is 4.39 Å². The fourth-order valence-electron chi connectivity index (χ4n) is 6.71. The van der Waals surface area contributed by atoms with Crippen molar-refractivity contribution >= 4 is 22.8 Å². The van der Waals surface area contributed by atoms with E-state index in [1.54, 1.807) is 24.5 Å². The van der Waals surface area contributed by atoms with Gasteiger partial charge in [-0.2, -0.15) is 0 Å². The third kappa shape index (κ3) is 3.44. The molecule has 3 atom stereocenters. The zero-order valence-electron chi connectivity index (χ0n) is 22.2. The number of cyclic esters (lactones) is 1. The number of amides is 1. The van der Waals surface area contributed by atoms with E-state index in [0.29, 0.717) is 48.5 Å². The van der Waals surface area contributed by atoms with Crippen molar-refractivity contribution in [3.63, 3.8) is 0 Å². The molecule has 1 saturated heterocycles. The minimum absolute atomic E-state index is 0.0336. The minimum Gasteiger partial charge on any atom is -0.458 e. The molecule has 2 aromatic heterocycles. The van der Waals surface area contributed by atoms with E-state index in [4.69, 9.17) is 14.5 Å². The van der Waals surface area contributed by atoms with Gasteiger partial charge in [-0.25, -0.2) is 14.2 Å². The van der Waals surface area contributed by atoms with Crippen LogP contribution in [0.25, 0.3) is 22.3 Å². The van der Waals surface area contributed by atoms with Crippen LogP contribution in [0, 0.1) is 12.7 Å². The minimum atomic E-state index is -1.95. The van der Waals surface area contributed by atoms with E-state index in [1.807, 2.05) is 0 Å². The van der Waals surface area contributed by atoms with Gasteiger partial charge in [0, 0.05) is 29.1 Å². The Morgan fingerprint density at radius 3 is 2.88 bits per heavy atom. The molecule has 1 fully saturated rings. The number of nitrogens with one attached hydrogen (secondary N) is 2. The lowest BCUT2D eigenvalue weighted by molar-refractivity contribution is -0.172. The molecule has 0 radical (unpaired) electrons. The van der Waals surface area contributed by atoms with Crippen molar-refractivity contribution in [3.05, 3.63) is 61.7 Å². The highest BCUT2D eigenvalue weighted by Crippen LogP contribution is 2.45. The maximum absolute atomic E-state index is 15.1. The Balaban J connectivity index is 1.44. The van der Waals surface area contributed by atoms with E-state index < -0.39 is 17.6 Å². The molecular formula is C29H29FN4O6. The van der Waals surface area contributed by atoms with Crippen LogP contribution in [0.15, 0.2) is 16.9 Å². The molecule has 1 aliphatic carbocycles. The van der Waals surface area contributed by atoms with Crippen LogP contribution in [-0.4, -0.2) is 52.3 Å². The van der Waals surface area contributed by atoms with Gasteiger partial charge in [-0.15, -0.1) is 0 Å². The first-order valence-corrected chi connectivity index (χ1v) is 13.7. The molecule has 0 spiro atoms. The Morgan fingerprint density at radius 1 is 1.30 bits per heavy atom. The highest BCUT2D eigenvalue weighted by molar-refractivity contribution is 5.94. The average Bonchev–Trinajstić information content (AvgIpc) is 3.33. The number of nitrogens with zero attached hydrogens (tertiary/aromatic N) is 2. The van der Waals surface area contributed by atoms with Crippen LogP contribution in [0.1, 0.15) is 59.2 Å². The van der Waals surface area contributed by atoms with E-state index in [9.17, 15) is 19.5 Å². The van der Waals surface area contributed by atoms with Gasteiger partial charge in [0.15, 0.2) is 5.60 Å². The predicted molar refractivity (Wildman–Crippen MR) is 141 cm³/mol. The van der Waals surface area contributed by atoms with Gasteiger partial charge in [-0.3, -0.25) is 9.59 Å². The molecule has 208 valence electrons. The fraction of sp³-hybridized carbons (Fsp3) is 0.448. The number of ether oxygens (including phenoxy) is 2. The maximum atomic E-state index is 15.1. The number of benzene rings is 1. The summed E-state index contributed by atoms with van der Waals surface area (Å²) < 4.78 is 27.3. The SMILES string of the molecule is CC[C@]1(O)C(=O)OCc2c1cc1n(c2=O)Cc2c-1nc1cc(F)c(C)c3c1c2[C@H](NC(=O)[C@H]1COCCN1)CC3. The monoisotopic (exact) mass is 548 g/mol. The lowest BCUT2D eigenvalue weighted by Gasteiger charge is -2.32. The van der Waals surface area contributed by atoms with Crippen LogP contribution in [-0.2, 0) is 44.2 Å². The summed E-state index contributed by atoms with van der Waals surface area (Å²) in [6.07, 6.45) is 1.16. The van der Waals surface area contributed by atoms with Gasteiger partial charge in [-0.1, -0.05) is 6.92 Å². The van der Waals surface area contributed by atoms with Crippen LogP contribution in [0.2, 0.25) is 0 Å². The van der Waals surface area contributed by atoms with E-state index in [2.05, 4.69) is 10.6 Å². The number of esters is 1. The van der Waals surface area contributed by atoms with Crippen molar-refractivity contribution in [1.82, 2.24) is 20.2 Å². The number of rotatable bonds is 3. The molecule has 7 rings (SSSR count). The smallest absolute Gasteiger partial charge is 0.343 e. The van der Waals surface area contributed by atoms with Crippen LogP contribution in [0.5, 0.6) is 0 Å². The van der Waals surface area contributed by atoms with Crippen molar-refractivity contribution < 1.29 is 28.6 Å². The van der Waals surface area contributed by atoms with Gasteiger partial charge < -0.3 is 29.8 Å². The topological polar surface area (TPSA) is 132 Å². The quantitative estimate of drug-likeness (QED) is 0.329. The Kier molecular flexibility index (Phi) is 5.64. The summed E-state index contributed by atoms with van der Waals surface area (Å²) in [5.41, 5.74) is 2.49. The van der Waals surface area contributed by atoms with Gasteiger partial charge in [0.25, 0.3) is 5.56 Å². The Labute approximate surface area is 228 Å². The number of hydrogen-bond acceptors (Lipinski definition) is 8. The number of carbonyl (C=O) groups excluding carboxylic acids is 2. The fourth-order valence-corrected chi connectivity index (χ4v) is 6.71. The molecule has 3 aliphatic heterocycles. The molecule has 3 aromatic rings. The second kappa shape index (κ2) is 8.92. The number of aromatic nitrogens is 2. The second-order valence-electron chi connectivity index (χ2n) is 11.0. The van der Waals surface area contributed by atoms with Crippen molar-refractivity contribution in [3.8, 4) is 11.4 Å². The molecule has 1 amide bonds. The van der Waals surface area contributed by atoms with E-state index in [-0.39, 0.29) is 60.6 Å². The molecule has 40 heavy (non-hydrogen) atoms. The van der Waals surface area contributed by atoms with Crippen molar-refractivity contribution in [1.29, 1.82) is 0 Å². The zero-order valence-corrected chi connectivity index (χ0v) is 22.2. The largest absolute Gasteiger partial charge is 0.458 e. The number of aliphatic hydroxyl groups is 1. The number of aryl methyl sites for hydroxylation is 1. The lowest BCUT2D eigenvalue weighted by Crippen LogP contribution is -2.52. The summed E-state index contributed by atoms with van der Waals surface area (Å²) in [5, 5.41) is 18.4. The first-order valence-electron chi connectivity index (χ1n) is 13.7. The van der Waals surface area contributed by atoms with Crippen molar-refractivity contribution in [2.75, 3.05) is 19.8 Å². The Hall–Kier alpha value is -3.67. The van der Waals surface area contributed by atoms with Crippen LogP contribution < -0.4 is 16.2 Å². The van der Waals surface area contributed by atoms with Gasteiger partial charge >= 0.3 is 5.97 Å². The molecule has 5 heterocycles. The molecule has 11 heteroatoms. The molecule has 0 bridgehead atoms. The third-order valence-corrected chi connectivity index (χ3v) is 8.93. The summed E-state index contributed by atoms with van der Waals surface area (Å²) in [4.78, 5) is 44.3. The molecule has 1 aromatic carbocycles. The van der Waals surface area contributed by atoms with Crippen molar-refractivity contribution in [2.24, 2.45) is 0 Å². The standard InChI is InChI=1S/C29H29FN4O6/c1-3-29(38)17-8-22-25-15(10-34(22)27(36)16(17)11-40-28(29)37)24-19(33-26(35)21-12-39-7-6-31-21)5-4-14-13(2)18(30)9-20(32-25)23(14)24/h8-9,19,21,31,38H,3-7,10-12H2,1-2H3,(H,33,35)/t19-,21-,29-/m1/s1. The van der Waals surface area contributed by atoms with Crippen LogP contribution >= 0.6 is 0 Å². The molecule has 0 unspecified atom stereocenters. The number of pyridine rings is 2. The summed E-state index contributed by atoms with van der Waals surface area (Å²) in [5.74, 6) is -1.34. The number of morpholine rings is 1. The second-order valence-corrected chi connectivity index (χ2v) is 11.0. The van der Waals surface area contributed by atoms with E-state index in [1.165, 1.54) is 6.07 Å². The predicted octanol–water partition coefficient (Wildman–Crippen LogP) is 1.62. The van der Waals surface area contributed by atoms with Gasteiger partial charge in [0.2, 0.25) is 5.91 Å². The van der Waals surface area contributed by atoms with Gasteiger partial charge in [0.1, 0.15) is 18.5 Å². The Bertz CT molecular complexity index is 1690. The van der Waals surface area contributed by atoms with Gasteiger partial charge in [-0.05, 0) is 48.9 Å². The number of hydrogen-bond donors (Lipinski definition) is 3. The third-order valence-electron chi connectivity index (χ3n) is 8.93. The van der Waals surface area contributed by atoms with Crippen LogP contribution in [0.3, 0.4) is 0 Å². The number of carbonyl (C=O) groups is 2. The molecule has 3 N–H and O–H groups in total. The highest BCUT2D eigenvalue weighted by Gasteiger charge is 2.46. The maximum Gasteiger partial charge on any atom is 0.343 e. The summed E-state index contributed by atoms with van der Waals surface area (Å²) in [6, 6.07) is 2.18. The molecule has 10 nitrogen and oxygen atoms in total. The van der Waals surface area contributed by atoms with E-state index in [0.717, 1.165) is 22.1 Å². The summed E-state index contributed by atoms with van der Waals surface area (Å²) >= 11 is 0. The van der Waals surface area contributed by atoms with Crippen molar-refractivity contribution in [2.45, 2.75) is 63.9 Å². The number of halogens is 1. The molecular weight excluding hydrogens is 519 g/mol. The summed E-state index contributed by atoms with van der Waals surface area (Å²) in [6.45, 7) is 4.77. The lowest BCUT2D eigenvalue weighted by atomic mass is 9.81. The van der Waals surface area contributed by atoms with E-state index >= 15 is 4.39 Å². The molecule has 0 saturated carbocycles. The Morgan fingerprint density at radius 2 is 2.12 bits per heavy atom. The van der Waals surface area contributed by atoms with Gasteiger partial charge in [0.05, 0.1) is 48.3 Å². The normalized spacial score (nSPS) is 24.8. The number of fused-ring (bicyclic) bond motifs is 5. The highest BCUT2D eigenvalue weighted by atomic mass is 19.1. The average molecular weight is 549 g/mol. The summed E-state index contributed by atoms with van der Waals surface area (Å²) in [7, 11) is 0. The first kappa shape index (κ1) is 25.3. The molecule has 4 aliphatic rings. The zero-order chi connectivity index (χ0) is 27.9.